The summed E-state index contributed by atoms with van der Waals surface area (Å²) in [6.07, 6.45) is 4.68. The predicted molar refractivity (Wildman–Crippen MR) is 62.0 cm³/mol. The second-order valence-electron chi connectivity index (χ2n) is 3.59. The van der Waals surface area contributed by atoms with Gasteiger partial charge in [0.2, 0.25) is 0 Å². The van der Waals surface area contributed by atoms with Crippen molar-refractivity contribution < 1.29 is 4.79 Å². The molecule has 0 aliphatic heterocycles. The summed E-state index contributed by atoms with van der Waals surface area (Å²) in [7, 11) is 0. The maximum absolute atomic E-state index is 11.9. The molecule has 0 aliphatic carbocycles. The molecule has 84 valence electrons. The Balaban J connectivity index is 1.90. The molecule has 6 nitrogen and oxygen atoms in total. The second kappa shape index (κ2) is 3.75. The van der Waals surface area contributed by atoms with Crippen molar-refractivity contribution in [1.29, 1.82) is 0 Å². The van der Waals surface area contributed by atoms with Gasteiger partial charge in [0.15, 0.2) is 0 Å². The molecule has 0 spiro atoms. The Labute approximate surface area is 96.3 Å². The Morgan fingerprint density at radius 3 is 2.88 bits per heavy atom. The third-order valence-electron chi connectivity index (χ3n) is 2.47. The van der Waals surface area contributed by atoms with Crippen LogP contribution in [0.5, 0.6) is 0 Å². The number of nitrogens with zero attached hydrogens (tertiary/aromatic N) is 3. The largest absolute Gasteiger partial charge is 0.361 e. The third kappa shape index (κ3) is 1.76. The van der Waals surface area contributed by atoms with Crippen molar-refractivity contribution in [3.63, 3.8) is 0 Å². The SMILES string of the molecule is O=C(Nn1cnnc1)c1ccc2cc[nH]c2c1. The molecule has 2 N–H and O–H groups in total. The summed E-state index contributed by atoms with van der Waals surface area (Å²) >= 11 is 0. The van der Waals surface area contributed by atoms with Crippen LogP contribution in [0.4, 0.5) is 0 Å². The standard InChI is InChI=1S/C11H9N5O/c17-11(15-16-6-13-14-7-16)9-2-1-8-3-4-12-10(8)5-9/h1-7,12H,(H,15,17). The van der Waals surface area contributed by atoms with E-state index in [9.17, 15) is 4.79 Å². The van der Waals surface area contributed by atoms with Gasteiger partial charge < -0.3 is 4.98 Å². The first-order chi connectivity index (χ1) is 8.33. The lowest BCUT2D eigenvalue weighted by Crippen LogP contribution is -2.21. The van der Waals surface area contributed by atoms with Crippen LogP contribution >= 0.6 is 0 Å². The van der Waals surface area contributed by atoms with Crippen LogP contribution in [-0.2, 0) is 0 Å². The molecular formula is C11H9N5O. The number of nitrogens with one attached hydrogen (secondary N) is 2. The maximum Gasteiger partial charge on any atom is 0.270 e. The summed E-state index contributed by atoms with van der Waals surface area (Å²) in [6, 6.07) is 7.43. The highest BCUT2D eigenvalue weighted by molar-refractivity contribution is 6.02. The van der Waals surface area contributed by atoms with Crippen molar-refractivity contribution in [1.82, 2.24) is 19.9 Å². The van der Waals surface area contributed by atoms with Crippen LogP contribution in [0.3, 0.4) is 0 Å². The smallest absolute Gasteiger partial charge is 0.270 e. The summed E-state index contributed by atoms with van der Waals surface area (Å²) in [6.45, 7) is 0. The fraction of sp³-hybridized carbons (Fsp3) is 0. The van der Waals surface area contributed by atoms with Crippen LogP contribution in [0.25, 0.3) is 10.9 Å². The Morgan fingerprint density at radius 1 is 1.24 bits per heavy atom. The zero-order chi connectivity index (χ0) is 11.7. The molecular weight excluding hydrogens is 218 g/mol. The monoisotopic (exact) mass is 227 g/mol. The average Bonchev–Trinajstić information content (AvgIpc) is 2.97. The van der Waals surface area contributed by atoms with E-state index in [0.717, 1.165) is 10.9 Å². The molecule has 0 atom stereocenters. The second-order valence-corrected chi connectivity index (χ2v) is 3.59. The summed E-state index contributed by atoms with van der Waals surface area (Å²) in [4.78, 5) is 14.9. The van der Waals surface area contributed by atoms with Crippen LogP contribution in [0.15, 0.2) is 43.1 Å². The average molecular weight is 227 g/mol. The molecule has 3 aromatic rings. The number of aromatic nitrogens is 4. The van der Waals surface area contributed by atoms with Gasteiger partial charge in [-0.15, -0.1) is 10.2 Å². The van der Waals surface area contributed by atoms with Gasteiger partial charge in [0.05, 0.1) is 0 Å². The summed E-state index contributed by atoms with van der Waals surface area (Å²) in [5.41, 5.74) is 4.14. The summed E-state index contributed by atoms with van der Waals surface area (Å²) < 4.78 is 1.40. The molecule has 6 heteroatoms. The van der Waals surface area contributed by atoms with Crippen LogP contribution in [0, 0.1) is 0 Å². The number of benzene rings is 1. The van der Waals surface area contributed by atoms with E-state index in [0.29, 0.717) is 5.56 Å². The molecule has 2 aromatic heterocycles. The first kappa shape index (κ1) is 9.59. The quantitative estimate of drug-likeness (QED) is 0.689. The molecule has 0 bridgehead atoms. The highest BCUT2D eigenvalue weighted by atomic mass is 16.2. The van der Waals surface area contributed by atoms with Crippen molar-refractivity contribution in [2.45, 2.75) is 0 Å². The summed E-state index contributed by atoms with van der Waals surface area (Å²) in [5, 5.41) is 8.28. The van der Waals surface area contributed by atoms with Crippen LogP contribution in [0.1, 0.15) is 10.4 Å². The van der Waals surface area contributed by atoms with Gasteiger partial charge in [0, 0.05) is 17.3 Å². The highest BCUT2D eigenvalue weighted by Gasteiger charge is 2.06. The topological polar surface area (TPSA) is 75.6 Å². The third-order valence-corrected chi connectivity index (χ3v) is 2.47. The van der Waals surface area contributed by atoms with Gasteiger partial charge in [-0.3, -0.25) is 10.2 Å². The molecule has 0 radical (unpaired) electrons. The van der Waals surface area contributed by atoms with E-state index in [1.54, 1.807) is 12.1 Å². The molecule has 0 aliphatic rings. The van der Waals surface area contributed by atoms with Gasteiger partial charge in [-0.25, -0.2) is 4.68 Å². The van der Waals surface area contributed by atoms with Crippen molar-refractivity contribution in [2.75, 3.05) is 5.43 Å². The van der Waals surface area contributed by atoms with E-state index in [4.69, 9.17) is 0 Å². The molecule has 2 heterocycles. The number of hydrogen-bond acceptors (Lipinski definition) is 3. The Bertz CT molecular complexity index is 655. The van der Waals surface area contributed by atoms with Crippen LogP contribution < -0.4 is 5.43 Å². The lowest BCUT2D eigenvalue weighted by Gasteiger charge is -2.04. The number of aromatic amines is 1. The van der Waals surface area contributed by atoms with Crippen molar-refractivity contribution in [3.05, 3.63) is 48.7 Å². The number of H-pyrrole nitrogens is 1. The van der Waals surface area contributed by atoms with Gasteiger partial charge >= 0.3 is 0 Å². The van der Waals surface area contributed by atoms with Gasteiger partial charge in [0.1, 0.15) is 12.7 Å². The molecule has 0 unspecified atom stereocenters. The maximum atomic E-state index is 11.9. The van der Waals surface area contributed by atoms with E-state index >= 15 is 0 Å². The van der Waals surface area contributed by atoms with E-state index in [-0.39, 0.29) is 5.91 Å². The first-order valence-corrected chi connectivity index (χ1v) is 5.06. The number of fused-ring (bicyclic) bond motifs is 1. The van der Waals surface area contributed by atoms with Gasteiger partial charge in [0.25, 0.3) is 5.91 Å². The molecule has 1 aromatic carbocycles. The summed E-state index contributed by atoms with van der Waals surface area (Å²) in [5.74, 6) is -0.207. The first-order valence-electron chi connectivity index (χ1n) is 5.06. The van der Waals surface area contributed by atoms with Crippen molar-refractivity contribution in [3.8, 4) is 0 Å². The Morgan fingerprint density at radius 2 is 2.06 bits per heavy atom. The Kier molecular flexibility index (Phi) is 2.11. The lowest BCUT2D eigenvalue weighted by atomic mass is 10.1. The zero-order valence-corrected chi connectivity index (χ0v) is 8.79. The van der Waals surface area contributed by atoms with Crippen LogP contribution in [-0.4, -0.2) is 25.8 Å². The molecule has 1 amide bonds. The predicted octanol–water partition coefficient (Wildman–Crippen LogP) is 1.14. The van der Waals surface area contributed by atoms with Gasteiger partial charge in [-0.1, -0.05) is 6.07 Å². The number of rotatable bonds is 2. The zero-order valence-electron chi connectivity index (χ0n) is 8.79. The van der Waals surface area contributed by atoms with Crippen molar-refractivity contribution >= 4 is 16.8 Å². The minimum atomic E-state index is -0.207. The number of carbonyl (C=O) groups excluding carboxylic acids is 1. The number of hydrogen-bond donors (Lipinski definition) is 2. The van der Waals surface area contributed by atoms with Crippen molar-refractivity contribution in [2.24, 2.45) is 0 Å². The number of carbonyl (C=O) groups is 1. The van der Waals surface area contributed by atoms with E-state index < -0.39 is 0 Å². The minimum Gasteiger partial charge on any atom is -0.361 e. The fourth-order valence-electron chi connectivity index (χ4n) is 1.63. The minimum absolute atomic E-state index is 0.207. The molecule has 0 saturated heterocycles. The van der Waals surface area contributed by atoms with Crippen LogP contribution in [0.2, 0.25) is 0 Å². The number of amides is 1. The Hall–Kier alpha value is -2.63. The molecule has 17 heavy (non-hydrogen) atoms. The normalized spacial score (nSPS) is 10.6. The molecule has 0 saturated carbocycles. The molecule has 0 fully saturated rings. The van der Waals surface area contributed by atoms with E-state index in [1.807, 2.05) is 18.3 Å². The lowest BCUT2D eigenvalue weighted by molar-refractivity contribution is 0.101. The van der Waals surface area contributed by atoms with E-state index in [1.165, 1.54) is 17.3 Å². The fourth-order valence-corrected chi connectivity index (χ4v) is 1.63. The highest BCUT2D eigenvalue weighted by Crippen LogP contribution is 2.14. The van der Waals surface area contributed by atoms with Gasteiger partial charge in [-0.2, -0.15) is 0 Å². The van der Waals surface area contributed by atoms with E-state index in [2.05, 4.69) is 20.6 Å². The van der Waals surface area contributed by atoms with Gasteiger partial charge in [-0.05, 0) is 23.6 Å². The molecule has 3 rings (SSSR count).